The number of rotatable bonds is 6. The van der Waals surface area contributed by atoms with Crippen molar-refractivity contribution in [1.82, 2.24) is 9.62 Å². The molecule has 1 aliphatic heterocycles. The Morgan fingerprint density at radius 1 is 1.04 bits per heavy atom. The van der Waals surface area contributed by atoms with Gasteiger partial charge in [-0.15, -0.1) is 6.58 Å². The van der Waals surface area contributed by atoms with E-state index >= 15 is 0 Å². The molecular weight excluding hydrogens is 336 g/mol. The molecule has 26 heavy (non-hydrogen) atoms. The van der Waals surface area contributed by atoms with E-state index in [0.29, 0.717) is 0 Å². The summed E-state index contributed by atoms with van der Waals surface area (Å²) in [6.45, 7) is 16.3. The van der Waals surface area contributed by atoms with Crippen LogP contribution in [0.4, 0.5) is 0 Å². The van der Waals surface area contributed by atoms with E-state index in [9.17, 15) is 0 Å². The summed E-state index contributed by atoms with van der Waals surface area (Å²) in [6.07, 6.45) is 4.58. The minimum Gasteiger partial charge on any atom is -0.317 e. The molecule has 0 aromatic heterocycles. The number of nitrogens with one attached hydrogen (secondary N) is 1. The molecule has 144 valence electrons. The molecule has 2 nitrogen and oxygen atoms in total. The van der Waals surface area contributed by atoms with Crippen molar-refractivity contribution in [3.8, 4) is 0 Å². The molecule has 1 aliphatic rings. The zero-order valence-corrected chi connectivity index (χ0v) is 17.8. The molecule has 0 radical (unpaired) electrons. The van der Waals surface area contributed by atoms with Crippen LogP contribution in [0.1, 0.15) is 40.5 Å². The monoisotopic (exact) mass is 372 g/mol. The highest BCUT2D eigenvalue weighted by molar-refractivity contribution is 7.97. The van der Waals surface area contributed by atoms with Crippen LogP contribution in [-0.4, -0.2) is 30.5 Å². The Morgan fingerprint density at radius 3 is 2.38 bits per heavy atom. The van der Waals surface area contributed by atoms with Gasteiger partial charge in [0.1, 0.15) is 0 Å². The van der Waals surface area contributed by atoms with Gasteiger partial charge in [-0.2, -0.15) is 0 Å². The third-order valence-corrected chi connectivity index (χ3v) is 5.34. The van der Waals surface area contributed by atoms with E-state index in [1.54, 1.807) is 0 Å². The van der Waals surface area contributed by atoms with Crippen LogP contribution in [-0.2, 0) is 0 Å². The van der Waals surface area contributed by atoms with E-state index in [1.807, 2.05) is 45.7 Å². The third kappa shape index (κ3) is 7.14. The van der Waals surface area contributed by atoms with Gasteiger partial charge in [0.2, 0.25) is 0 Å². The highest BCUT2D eigenvalue weighted by Gasteiger charge is 2.17. The first-order chi connectivity index (χ1) is 12.9. The zero-order chi connectivity index (χ0) is 19.2. The fraction of sp³-hybridized carbons (Fsp3) is 0.478. The lowest BCUT2D eigenvalue weighted by Crippen LogP contribution is -2.33. The topological polar surface area (TPSA) is 15.3 Å². The fourth-order valence-electron chi connectivity index (χ4n) is 3.06. The molecule has 0 unspecified atom stereocenters. The standard InChI is InChI=1S/C19H24N2S.2C2H6/c1-2-14-21(15-16-10-12-20-13-11-16)22-19-9-5-7-17-6-3-4-8-18(17)19;2*1-2/h2-9,16,20H,1,10-15H2;2*1-2H3. The van der Waals surface area contributed by atoms with Crippen LogP contribution in [0.5, 0.6) is 0 Å². The van der Waals surface area contributed by atoms with Crippen molar-refractivity contribution < 1.29 is 0 Å². The summed E-state index contributed by atoms with van der Waals surface area (Å²) in [7, 11) is 0. The Hall–Kier alpha value is -1.29. The predicted molar refractivity (Wildman–Crippen MR) is 120 cm³/mol. The van der Waals surface area contributed by atoms with Gasteiger partial charge in [-0.25, -0.2) is 4.31 Å². The predicted octanol–water partition coefficient (Wildman–Crippen LogP) is 6.39. The molecule has 2 aromatic rings. The lowest BCUT2D eigenvalue weighted by molar-refractivity contribution is 0.314. The van der Waals surface area contributed by atoms with Crippen LogP contribution in [0.15, 0.2) is 60.0 Å². The molecule has 0 aliphatic carbocycles. The van der Waals surface area contributed by atoms with Crippen LogP contribution in [0, 0.1) is 5.92 Å². The van der Waals surface area contributed by atoms with Gasteiger partial charge < -0.3 is 5.32 Å². The van der Waals surface area contributed by atoms with Crippen molar-refractivity contribution in [2.75, 3.05) is 26.2 Å². The third-order valence-electron chi connectivity index (χ3n) is 4.23. The summed E-state index contributed by atoms with van der Waals surface area (Å²) >= 11 is 1.88. The Morgan fingerprint density at radius 2 is 1.69 bits per heavy atom. The molecular formula is C23H36N2S. The maximum atomic E-state index is 3.93. The summed E-state index contributed by atoms with van der Waals surface area (Å²) in [4.78, 5) is 1.34. The Labute approximate surface area is 165 Å². The lowest BCUT2D eigenvalue weighted by atomic mass is 9.98. The molecule has 0 atom stereocenters. The number of hydrogen-bond donors (Lipinski definition) is 1. The van der Waals surface area contributed by atoms with Gasteiger partial charge in [0, 0.05) is 18.0 Å². The van der Waals surface area contributed by atoms with E-state index < -0.39 is 0 Å². The number of piperidine rings is 1. The second-order valence-corrected chi connectivity index (χ2v) is 7.04. The van der Waals surface area contributed by atoms with Crippen molar-refractivity contribution >= 4 is 22.7 Å². The molecule has 0 bridgehead atoms. The van der Waals surface area contributed by atoms with Crippen molar-refractivity contribution in [3.05, 3.63) is 55.1 Å². The van der Waals surface area contributed by atoms with Crippen LogP contribution >= 0.6 is 11.9 Å². The first-order valence-electron chi connectivity index (χ1n) is 10.1. The van der Waals surface area contributed by atoms with E-state index in [2.05, 4.69) is 58.7 Å². The van der Waals surface area contributed by atoms with E-state index in [1.165, 1.54) is 28.5 Å². The van der Waals surface area contributed by atoms with Gasteiger partial charge >= 0.3 is 0 Å². The minimum atomic E-state index is 0.795. The summed E-state index contributed by atoms with van der Waals surface area (Å²) in [5.41, 5.74) is 0. The molecule has 3 heteroatoms. The quantitative estimate of drug-likeness (QED) is 0.467. The molecule has 1 fully saturated rings. The summed E-state index contributed by atoms with van der Waals surface area (Å²) in [5.74, 6) is 0.795. The SMILES string of the molecule is C=CCN(CC1CCNCC1)Sc1cccc2ccccc12.CC.CC. The van der Waals surface area contributed by atoms with Crippen molar-refractivity contribution in [3.63, 3.8) is 0 Å². The van der Waals surface area contributed by atoms with E-state index in [0.717, 1.165) is 32.1 Å². The smallest absolute Gasteiger partial charge is 0.0308 e. The van der Waals surface area contributed by atoms with Gasteiger partial charge in [-0.05, 0) is 60.6 Å². The number of nitrogens with zero attached hydrogens (tertiary/aromatic N) is 1. The first-order valence-corrected chi connectivity index (χ1v) is 10.9. The Bertz CT molecular complexity index is 615. The number of hydrogen-bond acceptors (Lipinski definition) is 3. The van der Waals surface area contributed by atoms with Crippen LogP contribution in [0.3, 0.4) is 0 Å². The van der Waals surface area contributed by atoms with E-state index in [-0.39, 0.29) is 0 Å². The normalized spacial score (nSPS) is 14.2. The van der Waals surface area contributed by atoms with Gasteiger partial charge in [-0.3, -0.25) is 0 Å². The van der Waals surface area contributed by atoms with Gasteiger partial charge in [0.15, 0.2) is 0 Å². The fourth-order valence-corrected chi connectivity index (χ4v) is 4.23. The average Bonchev–Trinajstić information content (AvgIpc) is 2.72. The lowest BCUT2D eigenvalue weighted by Gasteiger charge is -2.28. The first kappa shape index (κ1) is 22.8. The largest absolute Gasteiger partial charge is 0.317 e. The molecule has 1 saturated heterocycles. The second-order valence-electron chi connectivity index (χ2n) is 5.90. The zero-order valence-electron chi connectivity index (χ0n) is 17.0. The number of benzene rings is 2. The van der Waals surface area contributed by atoms with Crippen molar-refractivity contribution in [2.45, 2.75) is 45.4 Å². The summed E-state index contributed by atoms with van der Waals surface area (Å²) in [5, 5.41) is 6.10. The highest BCUT2D eigenvalue weighted by atomic mass is 32.2. The molecule has 2 aromatic carbocycles. The van der Waals surface area contributed by atoms with Crippen LogP contribution < -0.4 is 5.32 Å². The van der Waals surface area contributed by atoms with Crippen molar-refractivity contribution in [2.24, 2.45) is 5.92 Å². The maximum Gasteiger partial charge on any atom is 0.0308 e. The van der Waals surface area contributed by atoms with Crippen molar-refractivity contribution in [1.29, 1.82) is 0 Å². The molecule has 1 heterocycles. The highest BCUT2D eigenvalue weighted by Crippen LogP contribution is 2.31. The van der Waals surface area contributed by atoms with E-state index in [4.69, 9.17) is 0 Å². The molecule has 0 amide bonds. The Kier molecular flexibility index (Phi) is 12.1. The van der Waals surface area contributed by atoms with Crippen LogP contribution in [0.2, 0.25) is 0 Å². The second kappa shape index (κ2) is 13.9. The Balaban J connectivity index is 0.000000791. The molecule has 1 N–H and O–H groups in total. The maximum absolute atomic E-state index is 3.93. The molecule has 3 rings (SSSR count). The molecule has 0 spiro atoms. The average molecular weight is 373 g/mol. The van der Waals surface area contributed by atoms with Crippen LogP contribution in [0.25, 0.3) is 10.8 Å². The molecule has 0 saturated carbocycles. The minimum absolute atomic E-state index is 0.795. The summed E-state index contributed by atoms with van der Waals surface area (Å²) in [6, 6.07) is 15.2. The van der Waals surface area contributed by atoms with Gasteiger partial charge in [0.05, 0.1) is 0 Å². The van der Waals surface area contributed by atoms with Gasteiger partial charge in [-0.1, -0.05) is 70.2 Å². The summed E-state index contributed by atoms with van der Waals surface area (Å²) < 4.78 is 2.46. The van der Waals surface area contributed by atoms with Gasteiger partial charge in [0.25, 0.3) is 0 Å². The number of fused-ring (bicyclic) bond motifs is 1.